The van der Waals surface area contributed by atoms with E-state index in [-0.39, 0.29) is 11.2 Å². The topological polar surface area (TPSA) is 65.2 Å². The normalized spacial score (nSPS) is 12.1. The van der Waals surface area contributed by atoms with Crippen molar-refractivity contribution < 1.29 is 9.53 Å². The first-order valence-electron chi connectivity index (χ1n) is 5.22. The molecule has 1 atom stereocenters. The lowest BCUT2D eigenvalue weighted by molar-refractivity contribution is -0.142. The van der Waals surface area contributed by atoms with Gasteiger partial charge in [-0.15, -0.1) is 11.8 Å². The maximum atomic E-state index is 11.6. The van der Waals surface area contributed by atoms with Gasteiger partial charge in [0.2, 0.25) is 0 Å². The predicted octanol–water partition coefficient (Wildman–Crippen LogP) is 2.10. The molecule has 4 nitrogen and oxygen atoms in total. The Bertz CT molecular complexity index is 340. The third-order valence-corrected chi connectivity index (χ3v) is 3.28. The van der Waals surface area contributed by atoms with Gasteiger partial charge in [-0.1, -0.05) is 6.92 Å². The average molecular weight is 240 g/mol. The zero-order chi connectivity index (χ0) is 12.0. The third-order valence-electron chi connectivity index (χ3n) is 1.96. The molecule has 1 aromatic heterocycles. The minimum Gasteiger partial charge on any atom is -0.465 e. The molecule has 1 unspecified atom stereocenters. The number of esters is 1. The molecule has 0 saturated carbocycles. The Morgan fingerprint density at radius 2 is 2.31 bits per heavy atom. The quantitative estimate of drug-likeness (QED) is 0.630. The number of thioether (sulfide) groups is 1. The summed E-state index contributed by atoms with van der Waals surface area (Å²) in [6, 6.07) is 3.58. The van der Waals surface area contributed by atoms with Crippen molar-refractivity contribution in [3.8, 4) is 0 Å². The summed E-state index contributed by atoms with van der Waals surface area (Å²) < 4.78 is 4.99. The molecule has 0 radical (unpaired) electrons. The Morgan fingerprint density at radius 1 is 1.56 bits per heavy atom. The number of pyridine rings is 1. The molecule has 0 amide bonds. The van der Waals surface area contributed by atoms with Gasteiger partial charge in [-0.2, -0.15) is 0 Å². The van der Waals surface area contributed by atoms with Crippen LogP contribution < -0.4 is 5.73 Å². The van der Waals surface area contributed by atoms with Crippen LogP contribution in [-0.4, -0.2) is 22.8 Å². The van der Waals surface area contributed by atoms with Crippen molar-refractivity contribution in [1.82, 2.24) is 4.98 Å². The number of ether oxygens (including phenoxy) is 1. The number of carbonyl (C=O) groups is 1. The number of aromatic nitrogens is 1. The number of anilines is 1. The zero-order valence-corrected chi connectivity index (χ0v) is 10.3. The lowest BCUT2D eigenvalue weighted by atomic mass is 10.3. The van der Waals surface area contributed by atoms with E-state index in [1.54, 1.807) is 19.2 Å². The van der Waals surface area contributed by atoms with Crippen LogP contribution >= 0.6 is 11.8 Å². The van der Waals surface area contributed by atoms with E-state index >= 15 is 0 Å². The molecule has 0 bridgehead atoms. The number of nitrogen functional groups attached to an aromatic ring is 1. The third kappa shape index (κ3) is 3.73. The highest BCUT2D eigenvalue weighted by Crippen LogP contribution is 2.25. The first-order chi connectivity index (χ1) is 7.67. The maximum Gasteiger partial charge on any atom is 0.319 e. The molecule has 5 heteroatoms. The molecule has 88 valence electrons. The van der Waals surface area contributed by atoms with Crippen molar-refractivity contribution in [2.45, 2.75) is 30.4 Å². The zero-order valence-electron chi connectivity index (χ0n) is 9.47. The van der Waals surface area contributed by atoms with Crippen LogP contribution in [0.1, 0.15) is 20.3 Å². The van der Waals surface area contributed by atoms with E-state index in [0.717, 1.165) is 11.3 Å². The predicted molar refractivity (Wildman–Crippen MR) is 65.2 cm³/mol. The van der Waals surface area contributed by atoms with E-state index in [9.17, 15) is 4.79 Å². The highest BCUT2D eigenvalue weighted by atomic mass is 32.2. The Labute approximate surface area is 99.6 Å². The minimum absolute atomic E-state index is 0.174. The monoisotopic (exact) mass is 240 g/mol. The van der Waals surface area contributed by atoms with Crippen LogP contribution in [0.3, 0.4) is 0 Å². The van der Waals surface area contributed by atoms with E-state index in [1.807, 2.05) is 13.0 Å². The molecule has 0 fully saturated rings. The number of rotatable bonds is 5. The van der Waals surface area contributed by atoms with E-state index in [1.165, 1.54) is 11.8 Å². The fourth-order valence-corrected chi connectivity index (χ4v) is 2.08. The Morgan fingerprint density at radius 3 is 2.81 bits per heavy atom. The van der Waals surface area contributed by atoms with E-state index < -0.39 is 0 Å². The van der Waals surface area contributed by atoms with Crippen molar-refractivity contribution in [3.05, 3.63) is 18.3 Å². The number of nitrogens with two attached hydrogens (primary N) is 1. The van der Waals surface area contributed by atoms with Crippen LogP contribution in [-0.2, 0) is 9.53 Å². The summed E-state index contributed by atoms with van der Waals surface area (Å²) >= 11 is 1.45. The van der Waals surface area contributed by atoms with Gasteiger partial charge in [-0.05, 0) is 25.5 Å². The van der Waals surface area contributed by atoms with Crippen molar-refractivity contribution in [2.24, 2.45) is 0 Å². The van der Waals surface area contributed by atoms with Crippen LogP contribution in [0, 0.1) is 0 Å². The second-order valence-corrected chi connectivity index (χ2v) is 4.46. The molecular formula is C11H16N2O2S. The highest BCUT2D eigenvalue weighted by Gasteiger charge is 2.18. The van der Waals surface area contributed by atoms with Gasteiger partial charge in [-0.25, -0.2) is 4.98 Å². The van der Waals surface area contributed by atoms with Crippen LogP contribution in [0.25, 0.3) is 0 Å². The number of hydrogen-bond acceptors (Lipinski definition) is 5. The molecule has 2 N–H and O–H groups in total. The highest BCUT2D eigenvalue weighted by molar-refractivity contribution is 8.00. The van der Waals surface area contributed by atoms with Crippen molar-refractivity contribution >= 4 is 23.5 Å². The van der Waals surface area contributed by atoms with Gasteiger partial charge in [0, 0.05) is 11.1 Å². The minimum atomic E-state index is -0.176. The van der Waals surface area contributed by atoms with Crippen LogP contribution in [0.5, 0.6) is 0 Å². The fraction of sp³-hybridized carbons (Fsp3) is 0.455. The van der Waals surface area contributed by atoms with Gasteiger partial charge in [0.25, 0.3) is 0 Å². The summed E-state index contributed by atoms with van der Waals surface area (Å²) in [6.07, 6.45) is 2.40. The molecule has 1 rings (SSSR count). The first kappa shape index (κ1) is 12.8. The SMILES string of the molecule is CCOC(=O)C(CC)Sc1ccc(N)nc1. The van der Waals surface area contributed by atoms with Gasteiger partial charge in [0.05, 0.1) is 6.61 Å². The molecule has 0 aliphatic rings. The van der Waals surface area contributed by atoms with Crippen molar-refractivity contribution in [2.75, 3.05) is 12.3 Å². The first-order valence-corrected chi connectivity index (χ1v) is 6.10. The molecule has 0 saturated heterocycles. The number of hydrogen-bond donors (Lipinski definition) is 1. The number of carbonyl (C=O) groups excluding carboxylic acids is 1. The average Bonchev–Trinajstić information content (AvgIpc) is 2.28. The lowest BCUT2D eigenvalue weighted by Gasteiger charge is -2.12. The lowest BCUT2D eigenvalue weighted by Crippen LogP contribution is -2.19. The summed E-state index contributed by atoms with van der Waals surface area (Å²) in [5.41, 5.74) is 5.49. The van der Waals surface area contributed by atoms with E-state index in [2.05, 4.69) is 4.98 Å². The Balaban J connectivity index is 2.62. The molecule has 16 heavy (non-hydrogen) atoms. The summed E-state index contributed by atoms with van der Waals surface area (Å²) in [4.78, 5) is 16.5. The van der Waals surface area contributed by atoms with Gasteiger partial charge in [0.15, 0.2) is 0 Å². The molecule has 1 aromatic rings. The molecule has 0 aliphatic heterocycles. The van der Waals surface area contributed by atoms with Gasteiger partial charge in [0.1, 0.15) is 11.1 Å². The summed E-state index contributed by atoms with van der Waals surface area (Å²) in [6.45, 7) is 4.18. The van der Waals surface area contributed by atoms with E-state index in [4.69, 9.17) is 10.5 Å². The Hall–Kier alpha value is -1.23. The molecule has 0 spiro atoms. The fourth-order valence-electron chi connectivity index (χ4n) is 1.16. The van der Waals surface area contributed by atoms with Crippen molar-refractivity contribution in [3.63, 3.8) is 0 Å². The van der Waals surface area contributed by atoms with Crippen molar-refractivity contribution in [1.29, 1.82) is 0 Å². The Kier molecular flexibility index (Phi) is 5.11. The van der Waals surface area contributed by atoms with E-state index in [0.29, 0.717) is 12.4 Å². The molecule has 1 heterocycles. The van der Waals surface area contributed by atoms with Crippen LogP contribution in [0.15, 0.2) is 23.2 Å². The van der Waals surface area contributed by atoms with Crippen LogP contribution in [0.4, 0.5) is 5.82 Å². The standard InChI is InChI=1S/C11H16N2O2S/c1-3-9(11(14)15-4-2)16-8-5-6-10(12)13-7-8/h5-7,9H,3-4H2,1-2H3,(H2,12,13). The molecular weight excluding hydrogens is 224 g/mol. The van der Waals surface area contributed by atoms with Gasteiger partial charge >= 0.3 is 5.97 Å². The van der Waals surface area contributed by atoms with Gasteiger partial charge in [-0.3, -0.25) is 4.79 Å². The summed E-state index contributed by atoms with van der Waals surface area (Å²) in [5, 5.41) is -0.176. The smallest absolute Gasteiger partial charge is 0.319 e. The molecule has 0 aromatic carbocycles. The van der Waals surface area contributed by atoms with Crippen LogP contribution in [0.2, 0.25) is 0 Å². The largest absolute Gasteiger partial charge is 0.465 e. The van der Waals surface area contributed by atoms with Gasteiger partial charge < -0.3 is 10.5 Å². The summed E-state index contributed by atoms with van der Waals surface area (Å²) in [7, 11) is 0. The maximum absolute atomic E-state index is 11.6. The summed E-state index contributed by atoms with van der Waals surface area (Å²) in [5.74, 6) is 0.306. The number of nitrogens with zero attached hydrogens (tertiary/aromatic N) is 1. The second-order valence-electron chi connectivity index (χ2n) is 3.19. The second kappa shape index (κ2) is 6.37. The molecule has 0 aliphatic carbocycles.